The number of hydrogen-bond donors (Lipinski definition) is 2. The molecule has 1 aromatic rings. The van der Waals surface area contributed by atoms with Gasteiger partial charge < -0.3 is 16.0 Å². The summed E-state index contributed by atoms with van der Waals surface area (Å²) in [6.45, 7) is 10.0. The number of nitrogens with two attached hydrogens (primary N) is 1. The molecule has 0 unspecified atom stereocenters. The lowest BCUT2D eigenvalue weighted by molar-refractivity contribution is 0.0952. The van der Waals surface area contributed by atoms with Crippen molar-refractivity contribution in [3.05, 3.63) is 29.3 Å². The summed E-state index contributed by atoms with van der Waals surface area (Å²) in [6, 6.07) is 5.53. The summed E-state index contributed by atoms with van der Waals surface area (Å²) in [5.41, 5.74) is 8.00. The number of nitrogens with zero attached hydrogens (tertiary/aromatic N) is 1. The molecule has 106 valence electrons. The van der Waals surface area contributed by atoms with Gasteiger partial charge in [-0.1, -0.05) is 26.0 Å². The topological polar surface area (TPSA) is 58.4 Å². The highest BCUT2D eigenvalue weighted by molar-refractivity contribution is 5.99. The van der Waals surface area contributed by atoms with Gasteiger partial charge in [-0.3, -0.25) is 4.79 Å². The standard InChI is InChI=1S/C15H25N3O/c1-4-18(5-2)11-7-10-17-15(19)13-9-6-8-12(3)14(13)16/h6,8-9H,4-5,7,10-11,16H2,1-3H3,(H,17,19). The largest absolute Gasteiger partial charge is 0.398 e. The third-order valence-electron chi connectivity index (χ3n) is 3.40. The number of rotatable bonds is 7. The van der Waals surface area contributed by atoms with Crippen LogP contribution in [0.5, 0.6) is 0 Å². The summed E-state index contributed by atoms with van der Waals surface area (Å²) in [4.78, 5) is 14.3. The van der Waals surface area contributed by atoms with Crippen LogP contribution in [0.4, 0.5) is 5.69 Å². The number of hydrogen-bond acceptors (Lipinski definition) is 3. The summed E-state index contributed by atoms with van der Waals surface area (Å²) >= 11 is 0. The van der Waals surface area contributed by atoms with Crippen LogP contribution in [0.1, 0.15) is 36.2 Å². The average molecular weight is 263 g/mol. The number of aryl methyl sites for hydroxylation is 1. The Bertz CT molecular complexity index is 414. The minimum atomic E-state index is -0.0826. The first kappa shape index (κ1) is 15.5. The van der Waals surface area contributed by atoms with Crippen molar-refractivity contribution in [3.63, 3.8) is 0 Å². The fourth-order valence-corrected chi connectivity index (χ4v) is 2.02. The molecule has 0 aliphatic heterocycles. The minimum absolute atomic E-state index is 0.0826. The number of benzene rings is 1. The Kier molecular flexibility index (Phi) is 6.36. The van der Waals surface area contributed by atoms with Gasteiger partial charge in [0.2, 0.25) is 0 Å². The van der Waals surface area contributed by atoms with E-state index in [0.717, 1.165) is 31.6 Å². The van der Waals surface area contributed by atoms with E-state index in [1.807, 2.05) is 19.1 Å². The predicted octanol–water partition coefficient (Wildman–Crippen LogP) is 2.04. The molecule has 1 amide bonds. The smallest absolute Gasteiger partial charge is 0.253 e. The third kappa shape index (κ3) is 4.56. The van der Waals surface area contributed by atoms with Gasteiger partial charge in [0.25, 0.3) is 5.91 Å². The van der Waals surface area contributed by atoms with Gasteiger partial charge in [0.15, 0.2) is 0 Å². The van der Waals surface area contributed by atoms with Gasteiger partial charge in [-0.2, -0.15) is 0 Å². The molecule has 0 bridgehead atoms. The molecular formula is C15H25N3O. The lowest BCUT2D eigenvalue weighted by atomic mass is 10.1. The predicted molar refractivity (Wildman–Crippen MR) is 80.3 cm³/mol. The van der Waals surface area contributed by atoms with Crippen molar-refractivity contribution in [2.45, 2.75) is 27.2 Å². The maximum Gasteiger partial charge on any atom is 0.253 e. The van der Waals surface area contributed by atoms with E-state index < -0.39 is 0 Å². The molecular weight excluding hydrogens is 238 g/mol. The zero-order valence-electron chi connectivity index (χ0n) is 12.2. The maximum atomic E-state index is 12.0. The quantitative estimate of drug-likeness (QED) is 0.584. The summed E-state index contributed by atoms with van der Waals surface area (Å²) in [7, 11) is 0. The van der Waals surface area contributed by atoms with E-state index >= 15 is 0 Å². The van der Waals surface area contributed by atoms with Gasteiger partial charge >= 0.3 is 0 Å². The van der Waals surface area contributed by atoms with Crippen molar-refractivity contribution in [2.24, 2.45) is 0 Å². The first-order valence-corrected chi connectivity index (χ1v) is 6.95. The zero-order chi connectivity index (χ0) is 14.3. The lowest BCUT2D eigenvalue weighted by Gasteiger charge is -2.17. The number of amides is 1. The number of carbonyl (C=O) groups is 1. The van der Waals surface area contributed by atoms with Gasteiger partial charge in [0.1, 0.15) is 0 Å². The Labute approximate surface area is 116 Å². The van der Waals surface area contributed by atoms with E-state index in [1.54, 1.807) is 6.07 Å². The van der Waals surface area contributed by atoms with Gasteiger partial charge in [0.05, 0.1) is 5.56 Å². The van der Waals surface area contributed by atoms with Crippen LogP contribution in [0.3, 0.4) is 0 Å². The Morgan fingerprint density at radius 1 is 1.32 bits per heavy atom. The van der Waals surface area contributed by atoms with Crippen LogP contribution in [0.15, 0.2) is 18.2 Å². The highest BCUT2D eigenvalue weighted by Gasteiger charge is 2.10. The van der Waals surface area contributed by atoms with Gasteiger partial charge in [-0.15, -0.1) is 0 Å². The van der Waals surface area contributed by atoms with E-state index in [1.165, 1.54) is 0 Å². The van der Waals surface area contributed by atoms with Gasteiger partial charge in [0, 0.05) is 12.2 Å². The average Bonchev–Trinajstić information content (AvgIpc) is 2.42. The number of nitrogens with one attached hydrogen (secondary N) is 1. The summed E-state index contributed by atoms with van der Waals surface area (Å²) < 4.78 is 0. The Morgan fingerprint density at radius 3 is 2.63 bits per heavy atom. The number of carbonyl (C=O) groups excluding carboxylic acids is 1. The van der Waals surface area contributed by atoms with E-state index in [0.29, 0.717) is 17.8 Å². The Morgan fingerprint density at radius 2 is 2.00 bits per heavy atom. The number of nitrogen functional groups attached to an aromatic ring is 1. The Hall–Kier alpha value is -1.55. The summed E-state index contributed by atoms with van der Waals surface area (Å²) in [5.74, 6) is -0.0826. The lowest BCUT2D eigenvalue weighted by Crippen LogP contribution is -2.30. The van der Waals surface area contributed by atoms with Crippen LogP contribution >= 0.6 is 0 Å². The molecule has 0 aliphatic rings. The van der Waals surface area contributed by atoms with Crippen LogP contribution in [0.25, 0.3) is 0 Å². The van der Waals surface area contributed by atoms with E-state index in [-0.39, 0.29) is 5.91 Å². The monoisotopic (exact) mass is 263 g/mol. The molecule has 19 heavy (non-hydrogen) atoms. The van der Waals surface area contributed by atoms with Crippen LogP contribution < -0.4 is 11.1 Å². The van der Waals surface area contributed by atoms with Crippen molar-refractivity contribution in [1.82, 2.24) is 10.2 Å². The molecule has 4 nitrogen and oxygen atoms in total. The maximum absolute atomic E-state index is 12.0. The van der Waals surface area contributed by atoms with Crippen LogP contribution in [-0.2, 0) is 0 Å². The molecule has 0 spiro atoms. The van der Waals surface area contributed by atoms with E-state index in [4.69, 9.17) is 5.73 Å². The fourth-order valence-electron chi connectivity index (χ4n) is 2.02. The molecule has 1 aromatic carbocycles. The molecule has 1 rings (SSSR count). The van der Waals surface area contributed by atoms with Crippen molar-refractivity contribution >= 4 is 11.6 Å². The minimum Gasteiger partial charge on any atom is -0.398 e. The van der Waals surface area contributed by atoms with E-state index in [2.05, 4.69) is 24.1 Å². The molecule has 0 aromatic heterocycles. The van der Waals surface area contributed by atoms with Gasteiger partial charge in [-0.05, 0) is 44.6 Å². The van der Waals surface area contributed by atoms with Crippen LogP contribution in [0, 0.1) is 6.92 Å². The second-order valence-corrected chi connectivity index (χ2v) is 4.67. The molecule has 3 N–H and O–H groups in total. The highest BCUT2D eigenvalue weighted by Crippen LogP contribution is 2.15. The molecule has 4 heteroatoms. The molecule has 0 saturated heterocycles. The molecule has 0 aliphatic carbocycles. The van der Waals surface area contributed by atoms with Crippen LogP contribution in [0.2, 0.25) is 0 Å². The molecule has 0 atom stereocenters. The second kappa shape index (κ2) is 7.79. The first-order valence-electron chi connectivity index (χ1n) is 6.95. The SMILES string of the molecule is CCN(CC)CCCNC(=O)c1cccc(C)c1N. The first-order chi connectivity index (χ1) is 9.10. The Balaban J connectivity index is 2.41. The van der Waals surface area contributed by atoms with Crippen molar-refractivity contribution in [2.75, 3.05) is 31.9 Å². The summed E-state index contributed by atoms with van der Waals surface area (Å²) in [5, 5.41) is 2.92. The molecule has 0 heterocycles. The second-order valence-electron chi connectivity index (χ2n) is 4.67. The van der Waals surface area contributed by atoms with Crippen molar-refractivity contribution in [3.8, 4) is 0 Å². The number of para-hydroxylation sites is 1. The van der Waals surface area contributed by atoms with E-state index in [9.17, 15) is 4.79 Å². The highest BCUT2D eigenvalue weighted by atomic mass is 16.1. The third-order valence-corrected chi connectivity index (χ3v) is 3.40. The normalized spacial score (nSPS) is 10.7. The molecule has 0 radical (unpaired) electrons. The zero-order valence-corrected chi connectivity index (χ0v) is 12.2. The van der Waals surface area contributed by atoms with Crippen LogP contribution in [-0.4, -0.2) is 37.0 Å². The molecule has 0 saturated carbocycles. The van der Waals surface area contributed by atoms with Gasteiger partial charge in [-0.25, -0.2) is 0 Å². The summed E-state index contributed by atoms with van der Waals surface area (Å²) in [6.07, 6.45) is 0.957. The number of anilines is 1. The van der Waals surface area contributed by atoms with Crippen molar-refractivity contribution in [1.29, 1.82) is 0 Å². The van der Waals surface area contributed by atoms with Crippen molar-refractivity contribution < 1.29 is 4.79 Å². The molecule has 0 fully saturated rings. The fraction of sp³-hybridized carbons (Fsp3) is 0.533.